The van der Waals surface area contributed by atoms with Crippen LogP contribution in [-0.4, -0.2) is 14.8 Å². The molecule has 102 valence electrons. The summed E-state index contributed by atoms with van der Waals surface area (Å²) in [6.45, 7) is 4.56. The number of hydrogen-bond donors (Lipinski definition) is 0. The first kappa shape index (κ1) is 12.9. The van der Waals surface area contributed by atoms with Gasteiger partial charge in [-0.2, -0.15) is 4.98 Å². The normalized spacial score (nSPS) is 10.9. The highest BCUT2D eigenvalue weighted by molar-refractivity contribution is 6.28. The summed E-state index contributed by atoms with van der Waals surface area (Å²) >= 11 is 5.97. The summed E-state index contributed by atoms with van der Waals surface area (Å²) in [7, 11) is 0. The van der Waals surface area contributed by atoms with E-state index in [9.17, 15) is 0 Å². The molecular weight excluding hydrogens is 274 g/mol. The number of benzene rings is 1. The van der Waals surface area contributed by atoms with E-state index < -0.39 is 0 Å². The first-order valence-corrected chi connectivity index (χ1v) is 6.72. The lowest BCUT2D eigenvalue weighted by atomic mass is 10.1. The quantitative estimate of drug-likeness (QED) is 0.735. The van der Waals surface area contributed by atoms with E-state index in [1.807, 2.05) is 48.9 Å². The van der Waals surface area contributed by atoms with Crippen LogP contribution in [0, 0.1) is 13.8 Å². The van der Waals surface area contributed by atoms with Crippen molar-refractivity contribution in [2.24, 2.45) is 0 Å². The first-order valence-electron chi connectivity index (χ1n) is 6.34. The van der Waals surface area contributed by atoms with Gasteiger partial charge in [-0.05, 0) is 31.0 Å². The summed E-state index contributed by atoms with van der Waals surface area (Å²) in [5.74, 6) is 1.66. The first-order chi connectivity index (χ1) is 9.65. The van der Waals surface area contributed by atoms with Crippen molar-refractivity contribution in [1.29, 1.82) is 0 Å². The zero-order valence-electron chi connectivity index (χ0n) is 11.3. The van der Waals surface area contributed by atoms with Crippen LogP contribution >= 0.6 is 11.6 Å². The molecule has 1 aromatic carbocycles. The van der Waals surface area contributed by atoms with Crippen LogP contribution in [-0.2, 0) is 6.54 Å². The van der Waals surface area contributed by atoms with Gasteiger partial charge in [-0.3, -0.25) is 0 Å². The molecule has 2 aromatic heterocycles. The second-order valence-corrected chi connectivity index (χ2v) is 5.02. The molecule has 3 rings (SSSR count). The zero-order chi connectivity index (χ0) is 14.1. The average Bonchev–Trinajstić information content (AvgIpc) is 2.97. The molecule has 0 aliphatic rings. The molecule has 0 radical (unpaired) electrons. The van der Waals surface area contributed by atoms with E-state index in [4.69, 9.17) is 16.0 Å². The molecule has 0 spiro atoms. The fourth-order valence-corrected chi connectivity index (χ4v) is 2.38. The smallest absolute Gasteiger partial charge is 0.242 e. The van der Waals surface area contributed by atoms with Crippen LogP contribution in [0.15, 0.2) is 41.0 Å². The molecule has 4 nitrogen and oxygen atoms in total. The number of rotatable bonds is 3. The van der Waals surface area contributed by atoms with Gasteiger partial charge in [0.1, 0.15) is 5.76 Å². The lowest BCUT2D eigenvalue weighted by molar-refractivity contribution is 0.525. The standard InChI is InChI=1S/C15H14ClN3O/c1-10-9-20-11(2)13(10)8-19-14(17-15(16)18-19)12-6-4-3-5-7-12/h3-7,9H,8H2,1-2H3. The van der Waals surface area contributed by atoms with Crippen LogP contribution in [0.4, 0.5) is 0 Å². The van der Waals surface area contributed by atoms with E-state index in [0.29, 0.717) is 6.54 Å². The fraction of sp³-hybridized carbons (Fsp3) is 0.200. The highest BCUT2D eigenvalue weighted by Crippen LogP contribution is 2.22. The van der Waals surface area contributed by atoms with Gasteiger partial charge in [-0.25, -0.2) is 4.68 Å². The Labute approximate surface area is 122 Å². The second kappa shape index (κ2) is 5.13. The predicted octanol–water partition coefficient (Wildman–Crippen LogP) is 3.86. The Morgan fingerprint density at radius 3 is 2.60 bits per heavy atom. The Kier molecular flexibility index (Phi) is 3.32. The molecule has 2 heterocycles. The molecule has 0 amide bonds. The van der Waals surface area contributed by atoms with Gasteiger partial charge in [0.2, 0.25) is 5.28 Å². The summed E-state index contributed by atoms with van der Waals surface area (Å²) in [5.41, 5.74) is 3.21. The van der Waals surface area contributed by atoms with Crippen molar-refractivity contribution in [3.8, 4) is 11.4 Å². The Bertz CT molecular complexity index is 711. The molecule has 0 unspecified atom stereocenters. The third-order valence-electron chi connectivity index (χ3n) is 3.30. The predicted molar refractivity (Wildman–Crippen MR) is 77.8 cm³/mol. The van der Waals surface area contributed by atoms with Gasteiger partial charge in [0.15, 0.2) is 5.82 Å². The maximum atomic E-state index is 5.97. The summed E-state index contributed by atoms with van der Waals surface area (Å²) < 4.78 is 7.23. The SMILES string of the molecule is Cc1coc(C)c1Cn1nc(Cl)nc1-c1ccccc1. The number of aromatic nitrogens is 3. The monoisotopic (exact) mass is 287 g/mol. The van der Waals surface area contributed by atoms with Gasteiger partial charge in [0.05, 0.1) is 12.8 Å². The van der Waals surface area contributed by atoms with Crippen molar-refractivity contribution < 1.29 is 4.42 Å². The van der Waals surface area contributed by atoms with E-state index in [1.165, 1.54) is 0 Å². The van der Waals surface area contributed by atoms with E-state index in [2.05, 4.69) is 10.1 Å². The Hall–Kier alpha value is -2.07. The van der Waals surface area contributed by atoms with Crippen LogP contribution in [0.2, 0.25) is 5.28 Å². The highest BCUT2D eigenvalue weighted by atomic mass is 35.5. The van der Waals surface area contributed by atoms with E-state index in [1.54, 1.807) is 6.26 Å². The van der Waals surface area contributed by atoms with Crippen LogP contribution in [0.1, 0.15) is 16.9 Å². The minimum absolute atomic E-state index is 0.252. The van der Waals surface area contributed by atoms with Crippen molar-refractivity contribution in [3.63, 3.8) is 0 Å². The fourth-order valence-electron chi connectivity index (χ4n) is 2.21. The maximum absolute atomic E-state index is 5.97. The molecule has 3 aromatic rings. The van der Waals surface area contributed by atoms with E-state index in [0.717, 1.165) is 28.3 Å². The lowest BCUT2D eigenvalue weighted by Gasteiger charge is -2.06. The highest BCUT2D eigenvalue weighted by Gasteiger charge is 2.14. The molecule has 0 aliphatic heterocycles. The largest absolute Gasteiger partial charge is 0.469 e. The molecular formula is C15H14ClN3O. The molecule has 0 aliphatic carbocycles. The summed E-state index contributed by atoms with van der Waals surface area (Å²) in [6.07, 6.45) is 1.76. The van der Waals surface area contributed by atoms with Crippen LogP contribution in [0.5, 0.6) is 0 Å². The zero-order valence-corrected chi connectivity index (χ0v) is 12.1. The number of aryl methyl sites for hydroxylation is 2. The number of nitrogens with zero attached hydrogens (tertiary/aromatic N) is 3. The number of halogens is 1. The lowest BCUT2D eigenvalue weighted by Crippen LogP contribution is -2.05. The van der Waals surface area contributed by atoms with Crippen LogP contribution < -0.4 is 0 Å². The van der Waals surface area contributed by atoms with Gasteiger partial charge >= 0.3 is 0 Å². The van der Waals surface area contributed by atoms with Crippen molar-refractivity contribution in [1.82, 2.24) is 14.8 Å². The van der Waals surface area contributed by atoms with Gasteiger partial charge in [-0.1, -0.05) is 30.3 Å². The molecule has 0 saturated carbocycles. The molecule has 0 fully saturated rings. The topological polar surface area (TPSA) is 43.9 Å². The summed E-state index contributed by atoms with van der Waals surface area (Å²) in [4.78, 5) is 4.31. The van der Waals surface area contributed by atoms with Crippen molar-refractivity contribution >= 4 is 11.6 Å². The van der Waals surface area contributed by atoms with Crippen molar-refractivity contribution in [2.45, 2.75) is 20.4 Å². The Morgan fingerprint density at radius 1 is 1.20 bits per heavy atom. The van der Waals surface area contributed by atoms with Gasteiger partial charge in [0, 0.05) is 11.1 Å². The van der Waals surface area contributed by atoms with E-state index in [-0.39, 0.29) is 5.28 Å². The Morgan fingerprint density at radius 2 is 1.95 bits per heavy atom. The average molecular weight is 288 g/mol. The van der Waals surface area contributed by atoms with Crippen molar-refractivity contribution in [3.05, 3.63) is 58.8 Å². The molecule has 5 heteroatoms. The third-order valence-corrected chi connectivity index (χ3v) is 3.46. The van der Waals surface area contributed by atoms with Gasteiger partial charge in [0.25, 0.3) is 0 Å². The molecule has 0 saturated heterocycles. The summed E-state index contributed by atoms with van der Waals surface area (Å²) in [6, 6.07) is 9.89. The molecule has 20 heavy (non-hydrogen) atoms. The van der Waals surface area contributed by atoms with Gasteiger partial charge < -0.3 is 4.42 Å². The van der Waals surface area contributed by atoms with Crippen LogP contribution in [0.25, 0.3) is 11.4 Å². The Balaban J connectivity index is 2.03. The maximum Gasteiger partial charge on any atom is 0.242 e. The molecule has 0 bridgehead atoms. The minimum atomic E-state index is 0.252. The van der Waals surface area contributed by atoms with E-state index >= 15 is 0 Å². The van der Waals surface area contributed by atoms with Crippen molar-refractivity contribution in [2.75, 3.05) is 0 Å². The molecule has 0 atom stereocenters. The van der Waals surface area contributed by atoms with Crippen LogP contribution in [0.3, 0.4) is 0 Å². The molecule has 0 N–H and O–H groups in total. The number of hydrogen-bond acceptors (Lipinski definition) is 3. The third kappa shape index (κ3) is 2.34. The minimum Gasteiger partial charge on any atom is -0.469 e. The van der Waals surface area contributed by atoms with Gasteiger partial charge in [-0.15, -0.1) is 5.10 Å². The second-order valence-electron chi connectivity index (χ2n) is 4.68. The summed E-state index contributed by atoms with van der Waals surface area (Å²) in [5, 5.41) is 4.53. The number of furan rings is 1.